The number of esters is 1. The van der Waals surface area contributed by atoms with Gasteiger partial charge in [-0.05, 0) is 27.2 Å². The van der Waals surface area contributed by atoms with Gasteiger partial charge in [0.05, 0.1) is 13.0 Å². The monoisotopic (exact) mass is 298 g/mol. The molecular formula is C15H26N2O4. The number of hydrogen-bond donors (Lipinski definition) is 1. The molecule has 6 heteroatoms. The maximum absolute atomic E-state index is 12.4. The second-order valence-electron chi connectivity index (χ2n) is 6.10. The van der Waals surface area contributed by atoms with Crippen molar-refractivity contribution in [1.29, 1.82) is 0 Å². The number of methoxy groups -OCH3 is 1. The summed E-state index contributed by atoms with van der Waals surface area (Å²) in [6.07, 6.45) is 1.45. The van der Waals surface area contributed by atoms with Gasteiger partial charge < -0.3 is 15.0 Å². The van der Waals surface area contributed by atoms with Crippen LogP contribution in [0.25, 0.3) is 0 Å². The van der Waals surface area contributed by atoms with Gasteiger partial charge in [0, 0.05) is 19.0 Å². The second-order valence-corrected chi connectivity index (χ2v) is 6.10. The highest BCUT2D eigenvalue weighted by atomic mass is 16.5. The predicted molar refractivity (Wildman–Crippen MR) is 78.4 cm³/mol. The first-order valence-corrected chi connectivity index (χ1v) is 7.45. The Kier molecular flexibility index (Phi) is 5.75. The molecule has 6 nitrogen and oxygen atoms in total. The average molecular weight is 298 g/mol. The molecule has 0 aromatic rings. The van der Waals surface area contributed by atoms with E-state index in [0.717, 1.165) is 6.42 Å². The highest BCUT2D eigenvalue weighted by Gasteiger charge is 2.41. The fraction of sp³-hybridized carbons (Fsp3) is 0.800. The zero-order valence-corrected chi connectivity index (χ0v) is 13.6. The largest absolute Gasteiger partial charge is 0.467 e. The molecule has 1 heterocycles. The maximum atomic E-state index is 12.4. The third-order valence-electron chi connectivity index (χ3n) is 3.94. The van der Waals surface area contributed by atoms with Crippen molar-refractivity contribution < 1.29 is 19.1 Å². The molecule has 1 aliphatic heterocycles. The molecule has 1 aliphatic rings. The lowest BCUT2D eigenvalue weighted by atomic mass is 9.94. The Balaban J connectivity index is 2.75. The van der Waals surface area contributed by atoms with Crippen LogP contribution in [-0.4, -0.2) is 47.9 Å². The number of nitrogens with one attached hydrogen (secondary N) is 1. The van der Waals surface area contributed by atoms with Crippen LogP contribution in [0.2, 0.25) is 0 Å². The van der Waals surface area contributed by atoms with Gasteiger partial charge in [0.15, 0.2) is 0 Å². The predicted octanol–water partition coefficient (Wildman–Crippen LogP) is 1.09. The van der Waals surface area contributed by atoms with Gasteiger partial charge in [0.2, 0.25) is 11.8 Å². The third-order valence-corrected chi connectivity index (χ3v) is 3.94. The van der Waals surface area contributed by atoms with E-state index in [0.29, 0.717) is 13.0 Å². The van der Waals surface area contributed by atoms with Gasteiger partial charge in [0.25, 0.3) is 0 Å². The molecule has 0 bridgehead atoms. The molecule has 2 atom stereocenters. The fourth-order valence-corrected chi connectivity index (χ4v) is 2.72. The molecule has 1 rings (SSSR count). The minimum atomic E-state index is -1.03. The van der Waals surface area contributed by atoms with E-state index in [9.17, 15) is 14.4 Å². The van der Waals surface area contributed by atoms with Crippen LogP contribution in [0, 0.1) is 5.92 Å². The topological polar surface area (TPSA) is 75.7 Å². The Morgan fingerprint density at radius 1 is 1.48 bits per heavy atom. The van der Waals surface area contributed by atoms with Crippen molar-refractivity contribution in [2.75, 3.05) is 13.7 Å². The second kappa shape index (κ2) is 6.91. The summed E-state index contributed by atoms with van der Waals surface area (Å²) < 4.78 is 4.78. The van der Waals surface area contributed by atoms with Crippen LogP contribution in [0.3, 0.4) is 0 Å². The van der Waals surface area contributed by atoms with E-state index < -0.39 is 17.4 Å². The number of ether oxygens (including phenoxy) is 1. The summed E-state index contributed by atoms with van der Waals surface area (Å²) in [7, 11) is 1.31. The number of likely N-dealkylation sites (tertiary alicyclic amines) is 1. The number of amides is 2. The maximum Gasteiger partial charge on any atom is 0.331 e. The summed E-state index contributed by atoms with van der Waals surface area (Å²) in [5.74, 6) is -1.13. The lowest BCUT2D eigenvalue weighted by Gasteiger charge is -2.29. The zero-order valence-electron chi connectivity index (χ0n) is 13.6. The van der Waals surface area contributed by atoms with Crippen molar-refractivity contribution in [2.45, 2.75) is 58.5 Å². The van der Waals surface area contributed by atoms with Crippen molar-refractivity contribution in [1.82, 2.24) is 10.2 Å². The number of carbonyl (C=O) groups is 3. The molecule has 1 saturated heterocycles. The van der Waals surface area contributed by atoms with Crippen LogP contribution in [-0.2, 0) is 19.1 Å². The molecule has 0 aromatic carbocycles. The first-order valence-electron chi connectivity index (χ1n) is 7.45. The first kappa shape index (κ1) is 17.5. The van der Waals surface area contributed by atoms with Gasteiger partial charge in [-0.3, -0.25) is 9.59 Å². The van der Waals surface area contributed by atoms with E-state index in [4.69, 9.17) is 4.74 Å². The van der Waals surface area contributed by atoms with Crippen LogP contribution in [0.1, 0.15) is 47.0 Å². The van der Waals surface area contributed by atoms with E-state index in [2.05, 4.69) is 5.32 Å². The molecule has 1 N–H and O–H groups in total. The summed E-state index contributed by atoms with van der Waals surface area (Å²) in [6.45, 7) is 7.86. The normalized spacial score (nSPS) is 21.3. The molecule has 21 heavy (non-hydrogen) atoms. The summed E-state index contributed by atoms with van der Waals surface area (Å²) in [5.41, 5.74) is -1.03. The molecule has 0 aliphatic carbocycles. The van der Waals surface area contributed by atoms with E-state index in [1.54, 1.807) is 11.8 Å². The highest BCUT2D eigenvalue weighted by Crippen LogP contribution is 2.22. The van der Waals surface area contributed by atoms with Crippen molar-refractivity contribution in [3.05, 3.63) is 0 Å². The lowest BCUT2D eigenvalue weighted by Crippen LogP contribution is -2.54. The number of carbonyl (C=O) groups excluding carboxylic acids is 3. The fourth-order valence-electron chi connectivity index (χ4n) is 2.72. The summed E-state index contributed by atoms with van der Waals surface area (Å²) in [4.78, 5) is 37.8. The SMILES string of the molecule is CCCC(C)(NC(=O)C1CC(=O)N(C(C)C)C1)C(=O)OC. The molecule has 2 unspecified atom stereocenters. The summed E-state index contributed by atoms with van der Waals surface area (Å²) in [5, 5.41) is 2.77. The van der Waals surface area contributed by atoms with Gasteiger partial charge in [0.1, 0.15) is 5.54 Å². The molecule has 120 valence electrons. The van der Waals surface area contributed by atoms with Crippen LogP contribution >= 0.6 is 0 Å². The molecular weight excluding hydrogens is 272 g/mol. The van der Waals surface area contributed by atoms with E-state index >= 15 is 0 Å². The van der Waals surface area contributed by atoms with Gasteiger partial charge in [-0.1, -0.05) is 13.3 Å². The molecule has 0 radical (unpaired) electrons. The Hall–Kier alpha value is -1.59. The lowest BCUT2D eigenvalue weighted by molar-refractivity contribution is -0.151. The third kappa shape index (κ3) is 3.95. The minimum Gasteiger partial charge on any atom is -0.467 e. The van der Waals surface area contributed by atoms with Gasteiger partial charge in [-0.2, -0.15) is 0 Å². The molecule has 2 amide bonds. The minimum absolute atomic E-state index is 0.0135. The van der Waals surface area contributed by atoms with Crippen molar-refractivity contribution >= 4 is 17.8 Å². The van der Waals surface area contributed by atoms with Gasteiger partial charge in [-0.25, -0.2) is 4.79 Å². The van der Waals surface area contributed by atoms with Crippen LogP contribution in [0.5, 0.6) is 0 Å². The summed E-state index contributed by atoms with van der Waals surface area (Å²) >= 11 is 0. The Morgan fingerprint density at radius 3 is 2.52 bits per heavy atom. The van der Waals surface area contributed by atoms with Crippen LogP contribution < -0.4 is 5.32 Å². The molecule has 0 saturated carbocycles. The van der Waals surface area contributed by atoms with E-state index in [1.807, 2.05) is 20.8 Å². The smallest absolute Gasteiger partial charge is 0.331 e. The highest BCUT2D eigenvalue weighted by molar-refractivity contribution is 5.93. The first-order chi connectivity index (χ1) is 9.75. The average Bonchev–Trinajstić information content (AvgIpc) is 2.80. The van der Waals surface area contributed by atoms with Crippen LogP contribution in [0.4, 0.5) is 0 Å². The number of nitrogens with zero attached hydrogens (tertiary/aromatic N) is 1. The Labute approximate surface area is 126 Å². The molecule has 0 spiro atoms. The van der Waals surface area contributed by atoms with Gasteiger partial charge in [-0.15, -0.1) is 0 Å². The molecule has 1 fully saturated rings. The number of hydrogen-bond acceptors (Lipinski definition) is 4. The standard InChI is InChI=1S/C15H26N2O4/c1-6-7-15(4,14(20)21-5)16-13(19)11-8-12(18)17(9-11)10(2)3/h10-11H,6-9H2,1-5H3,(H,16,19). The van der Waals surface area contributed by atoms with Crippen molar-refractivity contribution in [2.24, 2.45) is 5.92 Å². The Bertz CT molecular complexity index is 422. The molecule has 0 aromatic heterocycles. The van der Waals surface area contributed by atoms with Gasteiger partial charge >= 0.3 is 5.97 Å². The van der Waals surface area contributed by atoms with Crippen molar-refractivity contribution in [3.8, 4) is 0 Å². The van der Waals surface area contributed by atoms with Crippen molar-refractivity contribution in [3.63, 3.8) is 0 Å². The quantitative estimate of drug-likeness (QED) is 0.745. The number of rotatable bonds is 6. The van der Waals surface area contributed by atoms with Crippen LogP contribution in [0.15, 0.2) is 0 Å². The van der Waals surface area contributed by atoms with E-state index in [1.165, 1.54) is 7.11 Å². The summed E-state index contributed by atoms with van der Waals surface area (Å²) in [6, 6.07) is 0.0814. The Morgan fingerprint density at radius 2 is 2.10 bits per heavy atom. The van der Waals surface area contributed by atoms with E-state index in [-0.39, 0.29) is 24.3 Å². The zero-order chi connectivity index (χ0) is 16.2.